The molecule has 1 unspecified atom stereocenters. The Morgan fingerprint density at radius 2 is 1.88 bits per heavy atom. The molecule has 4 aromatic rings. The van der Waals surface area contributed by atoms with E-state index in [1.54, 1.807) is 12.4 Å². The van der Waals surface area contributed by atoms with Gasteiger partial charge in [0, 0.05) is 43.5 Å². The Hall–Kier alpha value is -3.79. The number of H-pyrrole nitrogens is 1. The zero-order valence-electron chi connectivity index (χ0n) is 23.1. The van der Waals surface area contributed by atoms with Crippen molar-refractivity contribution in [1.82, 2.24) is 25.4 Å². The Balaban J connectivity index is 1.08. The molecule has 9 heteroatoms. The van der Waals surface area contributed by atoms with Crippen LogP contribution in [0.2, 0.25) is 0 Å². The van der Waals surface area contributed by atoms with E-state index in [0.717, 1.165) is 28.6 Å². The quantitative estimate of drug-likeness (QED) is 0.266. The summed E-state index contributed by atoms with van der Waals surface area (Å²) in [6, 6.07) is 18.0. The van der Waals surface area contributed by atoms with Crippen LogP contribution in [0.5, 0.6) is 5.75 Å². The second kappa shape index (κ2) is 12.6. The number of aliphatic hydroxyl groups is 1. The van der Waals surface area contributed by atoms with Crippen LogP contribution < -0.4 is 10.1 Å². The topological polar surface area (TPSA) is 113 Å². The van der Waals surface area contributed by atoms with Gasteiger partial charge in [-0.1, -0.05) is 30.3 Å². The molecule has 1 aliphatic heterocycles. The molecule has 3 heterocycles. The fourth-order valence-electron chi connectivity index (χ4n) is 4.87. The minimum Gasteiger partial charge on any atom is -0.490 e. The maximum absolute atomic E-state index is 12.6. The summed E-state index contributed by atoms with van der Waals surface area (Å²) < 4.78 is 11.2. The van der Waals surface area contributed by atoms with Crippen molar-refractivity contribution >= 4 is 16.8 Å². The van der Waals surface area contributed by atoms with E-state index in [-0.39, 0.29) is 18.1 Å². The number of ether oxygens (including phenoxy) is 2. The van der Waals surface area contributed by atoms with Gasteiger partial charge in [0.2, 0.25) is 0 Å². The Bertz CT molecular complexity index is 1400. The second-order valence-corrected chi connectivity index (χ2v) is 10.9. The predicted octanol–water partition coefficient (Wildman–Crippen LogP) is 3.37. The number of morpholine rings is 1. The van der Waals surface area contributed by atoms with E-state index in [9.17, 15) is 9.90 Å². The van der Waals surface area contributed by atoms with Gasteiger partial charge < -0.3 is 24.8 Å². The summed E-state index contributed by atoms with van der Waals surface area (Å²) in [5.74, 6) is 0.715. The van der Waals surface area contributed by atoms with E-state index in [1.165, 1.54) is 5.56 Å². The van der Waals surface area contributed by atoms with Crippen LogP contribution in [0.3, 0.4) is 0 Å². The minimum absolute atomic E-state index is 0.00913. The molecule has 3 N–H and O–H groups in total. The molecule has 0 saturated carbocycles. The molecular weight excluding hydrogens is 506 g/mol. The third-order valence-corrected chi connectivity index (χ3v) is 7.12. The number of amides is 1. The molecular formula is C31H37N5O4. The molecule has 0 bridgehead atoms. The van der Waals surface area contributed by atoms with Crippen molar-refractivity contribution in [2.45, 2.75) is 38.3 Å². The van der Waals surface area contributed by atoms with Gasteiger partial charge in [-0.05, 0) is 55.7 Å². The van der Waals surface area contributed by atoms with Crippen molar-refractivity contribution in [2.75, 3.05) is 39.5 Å². The maximum atomic E-state index is 12.6. The standard InChI is InChI=1S/C31H37N5O4/c1-31(2,33-19-26(37)21-40-29-5-3-4-28-27(29)20-34-35-28)17-23-8-6-22(7-9-23)16-25-11-10-24(18-32-25)30(38)36-12-14-39-15-13-36/h3-11,18,20,26,33,37H,12-17,19,21H2,1-2H3,(H,34,35). The second-order valence-electron chi connectivity index (χ2n) is 10.9. The minimum atomic E-state index is -0.646. The van der Waals surface area contributed by atoms with E-state index < -0.39 is 6.10 Å². The summed E-state index contributed by atoms with van der Waals surface area (Å²) in [5.41, 5.74) is 4.60. The molecule has 5 rings (SSSR count). The van der Waals surface area contributed by atoms with Gasteiger partial charge in [-0.2, -0.15) is 5.10 Å². The Morgan fingerprint density at radius 3 is 2.62 bits per heavy atom. The lowest BCUT2D eigenvalue weighted by atomic mass is 9.93. The summed E-state index contributed by atoms with van der Waals surface area (Å²) in [4.78, 5) is 19.0. The highest BCUT2D eigenvalue weighted by Gasteiger charge is 2.21. The van der Waals surface area contributed by atoms with Crippen molar-refractivity contribution in [3.8, 4) is 5.75 Å². The summed E-state index contributed by atoms with van der Waals surface area (Å²) in [5, 5.41) is 21.9. The number of carbonyl (C=O) groups excluding carboxylic acids is 1. The Kier molecular flexibility index (Phi) is 8.74. The summed E-state index contributed by atoms with van der Waals surface area (Å²) in [6.45, 7) is 7.29. The molecule has 210 valence electrons. The SMILES string of the molecule is CC(C)(Cc1ccc(Cc2ccc(C(=O)N3CCOCC3)cn2)cc1)NCC(O)COc1cccc2[nH]ncc12. The highest BCUT2D eigenvalue weighted by atomic mass is 16.5. The lowest BCUT2D eigenvalue weighted by Gasteiger charge is -2.28. The first kappa shape index (κ1) is 27.8. The molecule has 40 heavy (non-hydrogen) atoms. The number of rotatable bonds is 11. The van der Waals surface area contributed by atoms with Gasteiger partial charge in [-0.3, -0.25) is 14.9 Å². The van der Waals surface area contributed by atoms with Gasteiger partial charge in [0.15, 0.2) is 0 Å². The van der Waals surface area contributed by atoms with Gasteiger partial charge in [-0.15, -0.1) is 0 Å². The smallest absolute Gasteiger partial charge is 0.255 e. The normalized spacial score (nSPS) is 14.8. The Labute approximate surface area is 234 Å². The average Bonchev–Trinajstić information content (AvgIpc) is 3.46. The number of nitrogens with zero attached hydrogens (tertiary/aromatic N) is 3. The van der Waals surface area contributed by atoms with E-state index in [2.05, 4.69) is 58.6 Å². The molecule has 1 amide bonds. The zero-order chi connectivity index (χ0) is 28.0. The van der Waals surface area contributed by atoms with E-state index >= 15 is 0 Å². The fraction of sp³-hybridized carbons (Fsp3) is 0.387. The number of nitrogens with one attached hydrogen (secondary N) is 2. The predicted molar refractivity (Wildman–Crippen MR) is 154 cm³/mol. The highest BCUT2D eigenvalue weighted by Crippen LogP contribution is 2.23. The Morgan fingerprint density at radius 1 is 1.10 bits per heavy atom. The summed E-state index contributed by atoms with van der Waals surface area (Å²) in [7, 11) is 0. The van der Waals surface area contributed by atoms with Crippen LogP contribution in [-0.2, 0) is 17.6 Å². The molecule has 2 aromatic carbocycles. The summed E-state index contributed by atoms with van der Waals surface area (Å²) in [6.07, 6.45) is 4.27. The van der Waals surface area contributed by atoms with E-state index in [1.807, 2.05) is 35.2 Å². The van der Waals surface area contributed by atoms with Gasteiger partial charge in [-0.25, -0.2) is 0 Å². The number of hydrogen-bond acceptors (Lipinski definition) is 7. The number of β-amino-alcohol motifs (C(OH)–C–C–N with tert-alkyl or cyclic N) is 1. The van der Waals surface area contributed by atoms with Crippen LogP contribution in [0.1, 0.15) is 41.0 Å². The number of aromatic amines is 1. The van der Waals surface area contributed by atoms with Crippen molar-refractivity contribution in [3.05, 3.63) is 89.4 Å². The molecule has 1 saturated heterocycles. The molecule has 9 nitrogen and oxygen atoms in total. The first-order chi connectivity index (χ1) is 19.4. The fourth-order valence-corrected chi connectivity index (χ4v) is 4.87. The third kappa shape index (κ3) is 7.24. The van der Waals surface area contributed by atoms with Crippen LogP contribution in [-0.4, -0.2) is 82.2 Å². The van der Waals surface area contributed by atoms with E-state index in [0.29, 0.717) is 50.6 Å². The van der Waals surface area contributed by atoms with Gasteiger partial charge in [0.1, 0.15) is 18.5 Å². The average molecular weight is 544 g/mol. The molecule has 1 aliphatic rings. The third-order valence-electron chi connectivity index (χ3n) is 7.12. The van der Waals surface area contributed by atoms with Crippen LogP contribution in [0.15, 0.2) is 67.0 Å². The molecule has 0 spiro atoms. The van der Waals surface area contributed by atoms with Gasteiger partial charge >= 0.3 is 0 Å². The van der Waals surface area contributed by atoms with Crippen LogP contribution in [0, 0.1) is 0 Å². The van der Waals surface area contributed by atoms with Crippen molar-refractivity contribution in [1.29, 1.82) is 0 Å². The number of pyridine rings is 1. The molecule has 0 aliphatic carbocycles. The molecule has 1 fully saturated rings. The number of carbonyl (C=O) groups is 1. The molecule has 0 radical (unpaired) electrons. The number of aliphatic hydroxyl groups excluding tert-OH is 1. The highest BCUT2D eigenvalue weighted by molar-refractivity contribution is 5.94. The number of benzene rings is 2. The van der Waals surface area contributed by atoms with Crippen LogP contribution in [0.25, 0.3) is 10.9 Å². The number of hydrogen-bond donors (Lipinski definition) is 3. The lowest BCUT2D eigenvalue weighted by Crippen LogP contribution is -2.46. The van der Waals surface area contributed by atoms with Crippen LogP contribution in [0.4, 0.5) is 0 Å². The molecule has 1 atom stereocenters. The maximum Gasteiger partial charge on any atom is 0.255 e. The van der Waals surface area contributed by atoms with Gasteiger partial charge in [0.25, 0.3) is 5.91 Å². The van der Waals surface area contributed by atoms with Crippen molar-refractivity contribution in [2.24, 2.45) is 0 Å². The van der Waals surface area contributed by atoms with Crippen molar-refractivity contribution < 1.29 is 19.4 Å². The lowest BCUT2D eigenvalue weighted by molar-refractivity contribution is 0.0302. The van der Waals surface area contributed by atoms with Crippen molar-refractivity contribution in [3.63, 3.8) is 0 Å². The zero-order valence-corrected chi connectivity index (χ0v) is 23.1. The first-order valence-electron chi connectivity index (χ1n) is 13.7. The summed E-state index contributed by atoms with van der Waals surface area (Å²) >= 11 is 0. The number of aromatic nitrogens is 3. The first-order valence-corrected chi connectivity index (χ1v) is 13.7. The largest absolute Gasteiger partial charge is 0.490 e. The monoisotopic (exact) mass is 543 g/mol. The van der Waals surface area contributed by atoms with Crippen LogP contribution >= 0.6 is 0 Å². The number of fused-ring (bicyclic) bond motifs is 1. The van der Waals surface area contributed by atoms with E-state index in [4.69, 9.17) is 9.47 Å². The molecule has 2 aromatic heterocycles. The van der Waals surface area contributed by atoms with Gasteiger partial charge in [0.05, 0.1) is 35.9 Å².